The third kappa shape index (κ3) is 10.9. The van der Waals surface area contributed by atoms with Crippen molar-refractivity contribution in [3.8, 4) is 0 Å². The zero-order chi connectivity index (χ0) is 13.7. The molecule has 0 bridgehead atoms. The lowest BCUT2D eigenvalue weighted by molar-refractivity contribution is -0.316. The van der Waals surface area contributed by atoms with E-state index in [0.29, 0.717) is 0 Å². The molecule has 0 saturated carbocycles. The van der Waals surface area contributed by atoms with Crippen LogP contribution < -0.4 is 0 Å². The van der Waals surface area contributed by atoms with Crippen molar-refractivity contribution in [1.29, 1.82) is 0 Å². The Morgan fingerprint density at radius 1 is 0.824 bits per heavy atom. The summed E-state index contributed by atoms with van der Waals surface area (Å²) in [5.74, 6) is -1.36. The van der Waals surface area contributed by atoms with E-state index in [0.717, 1.165) is 12.2 Å². The summed E-state index contributed by atoms with van der Waals surface area (Å²) in [6.07, 6.45) is 1.96. The normalized spacial score (nSPS) is 12.6. The van der Waals surface area contributed by atoms with Crippen molar-refractivity contribution in [3.05, 3.63) is 12.2 Å². The lowest BCUT2D eigenvalue weighted by Crippen LogP contribution is -2.23. The standard InChI is InChI=1S/C12H20O5/c1-11(2,3)15-9(13)7-8-10(14)16-17-12(4,5)6/h7-8H,1-6H3. The molecule has 0 heterocycles. The summed E-state index contributed by atoms with van der Waals surface area (Å²) in [6.45, 7) is 10.4. The second-order valence-corrected chi connectivity index (χ2v) is 5.46. The molecule has 0 aliphatic rings. The van der Waals surface area contributed by atoms with Crippen LogP contribution in [0.25, 0.3) is 0 Å². The van der Waals surface area contributed by atoms with Crippen LogP contribution in [0.3, 0.4) is 0 Å². The largest absolute Gasteiger partial charge is 0.457 e. The highest BCUT2D eigenvalue weighted by atomic mass is 17.2. The molecule has 17 heavy (non-hydrogen) atoms. The van der Waals surface area contributed by atoms with Crippen molar-refractivity contribution >= 4 is 11.9 Å². The van der Waals surface area contributed by atoms with E-state index in [-0.39, 0.29) is 0 Å². The maximum absolute atomic E-state index is 11.2. The predicted molar refractivity (Wildman–Crippen MR) is 61.9 cm³/mol. The van der Waals surface area contributed by atoms with Crippen molar-refractivity contribution in [3.63, 3.8) is 0 Å². The third-order valence-corrected chi connectivity index (χ3v) is 1.14. The molecule has 0 N–H and O–H groups in total. The molecule has 0 amide bonds. The fraction of sp³-hybridized carbons (Fsp3) is 0.667. The lowest BCUT2D eigenvalue weighted by atomic mass is 10.2. The molecule has 0 radical (unpaired) electrons. The molecule has 0 aromatic heterocycles. The highest BCUT2D eigenvalue weighted by Crippen LogP contribution is 2.08. The first-order valence-corrected chi connectivity index (χ1v) is 5.30. The summed E-state index contributed by atoms with van der Waals surface area (Å²) in [4.78, 5) is 31.5. The van der Waals surface area contributed by atoms with Crippen LogP contribution in [0.5, 0.6) is 0 Å². The molecule has 5 nitrogen and oxygen atoms in total. The van der Waals surface area contributed by atoms with Gasteiger partial charge in [0.25, 0.3) is 0 Å². The van der Waals surface area contributed by atoms with E-state index in [1.54, 1.807) is 41.5 Å². The van der Waals surface area contributed by atoms with Gasteiger partial charge in [-0.1, -0.05) is 0 Å². The fourth-order valence-corrected chi connectivity index (χ4v) is 0.666. The van der Waals surface area contributed by atoms with E-state index in [4.69, 9.17) is 9.62 Å². The van der Waals surface area contributed by atoms with Gasteiger partial charge in [0.05, 0.1) is 0 Å². The number of hydrogen-bond donors (Lipinski definition) is 0. The molecule has 0 unspecified atom stereocenters. The molecule has 98 valence electrons. The monoisotopic (exact) mass is 244 g/mol. The van der Waals surface area contributed by atoms with Gasteiger partial charge in [0.2, 0.25) is 0 Å². The van der Waals surface area contributed by atoms with Crippen molar-refractivity contribution in [2.75, 3.05) is 0 Å². The Morgan fingerprint density at radius 2 is 1.29 bits per heavy atom. The molecule has 0 aliphatic heterocycles. The molecule has 5 heteroatoms. The van der Waals surface area contributed by atoms with Gasteiger partial charge in [-0.05, 0) is 41.5 Å². The lowest BCUT2D eigenvalue weighted by Gasteiger charge is -2.18. The summed E-state index contributed by atoms with van der Waals surface area (Å²) in [6, 6.07) is 0. The van der Waals surface area contributed by atoms with E-state index < -0.39 is 23.1 Å². The topological polar surface area (TPSA) is 61.8 Å². The smallest absolute Gasteiger partial charge is 0.366 e. The van der Waals surface area contributed by atoms with Gasteiger partial charge in [0.15, 0.2) is 0 Å². The van der Waals surface area contributed by atoms with Gasteiger partial charge in [-0.2, -0.15) is 4.89 Å². The second kappa shape index (κ2) is 5.82. The predicted octanol–water partition coefficient (Wildman–Crippen LogP) is 2.16. The molecular weight excluding hydrogens is 224 g/mol. The molecule has 0 fully saturated rings. The number of carbonyl (C=O) groups is 2. The summed E-state index contributed by atoms with van der Waals surface area (Å²) in [5.41, 5.74) is -1.18. The van der Waals surface area contributed by atoms with E-state index in [1.807, 2.05) is 0 Å². The van der Waals surface area contributed by atoms with E-state index >= 15 is 0 Å². The fourth-order valence-electron chi connectivity index (χ4n) is 0.666. The van der Waals surface area contributed by atoms with Gasteiger partial charge in [-0.15, -0.1) is 0 Å². The first kappa shape index (κ1) is 15.6. The second-order valence-electron chi connectivity index (χ2n) is 5.46. The average Bonchev–Trinajstić information content (AvgIpc) is 2.07. The zero-order valence-corrected chi connectivity index (χ0v) is 11.2. The number of ether oxygens (including phenoxy) is 1. The molecule has 0 spiro atoms. The number of esters is 1. The van der Waals surface area contributed by atoms with Crippen LogP contribution in [0.15, 0.2) is 12.2 Å². The highest BCUT2D eigenvalue weighted by molar-refractivity contribution is 5.91. The Bertz CT molecular complexity index is 304. The molecule has 0 rings (SSSR count). The average molecular weight is 244 g/mol. The number of rotatable bonds is 3. The van der Waals surface area contributed by atoms with E-state index in [2.05, 4.69) is 4.89 Å². The van der Waals surface area contributed by atoms with E-state index in [9.17, 15) is 9.59 Å². The van der Waals surface area contributed by atoms with Gasteiger partial charge in [0, 0.05) is 12.2 Å². The molecular formula is C12H20O5. The van der Waals surface area contributed by atoms with Crippen LogP contribution in [0.4, 0.5) is 0 Å². The molecule has 0 aliphatic carbocycles. The van der Waals surface area contributed by atoms with Crippen LogP contribution in [0.2, 0.25) is 0 Å². The van der Waals surface area contributed by atoms with E-state index in [1.165, 1.54) is 0 Å². The van der Waals surface area contributed by atoms with Gasteiger partial charge in [-0.3, -0.25) is 4.89 Å². The maximum Gasteiger partial charge on any atom is 0.366 e. The van der Waals surface area contributed by atoms with Crippen LogP contribution in [0, 0.1) is 0 Å². The first-order valence-electron chi connectivity index (χ1n) is 5.30. The van der Waals surface area contributed by atoms with Crippen molar-refractivity contribution in [1.82, 2.24) is 0 Å². The minimum atomic E-state index is -0.759. The molecule has 0 saturated heterocycles. The minimum absolute atomic E-state index is 0.588. The van der Waals surface area contributed by atoms with Crippen molar-refractivity contribution in [2.45, 2.75) is 52.7 Å². The summed E-state index contributed by atoms with van der Waals surface area (Å²) in [7, 11) is 0. The Balaban J connectivity index is 4.08. The SMILES string of the molecule is CC(C)(C)OOC(=O)C=CC(=O)OC(C)(C)C. The number of hydrogen-bond acceptors (Lipinski definition) is 5. The summed E-state index contributed by atoms with van der Waals surface area (Å²) >= 11 is 0. The van der Waals surface area contributed by atoms with Crippen molar-refractivity contribution < 1.29 is 24.1 Å². The first-order chi connectivity index (χ1) is 7.49. The van der Waals surface area contributed by atoms with Crippen LogP contribution >= 0.6 is 0 Å². The minimum Gasteiger partial charge on any atom is -0.457 e. The molecule has 0 aromatic carbocycles. The third-order valence-electron chi connectivity index (χ3n) is 1.14. The maximum atomic E-state index is 11.2. The van der Waals surface area contributed by atoms with Gasteiger partial charge in [-0.25, -0.2) is 9.59 Å². The van der Waals surface area contributed by atoms with Gasteiger partial charge >= 0.3 is 11.9 Å². The molecule has 0 atom stereocenters. The highest BCUT2D eigenvalue weighted by Gasteiger charge is 2.16. The Hall–Kier alpha value is -1.36. The van der Waals surface area contributed by atoms with Gasteiger partial charge < -0.3 is 4.74 Å². The van der Waals surface area contributed by atoms with Crippen LogP contribution in [-0.4, -0.2) is 23.1 Å². The van der Waals surface area contributed by atoms with Crippen LogP contribution in [0.1, 0.15) is 41.5 Å². The Labute approximate surface area is 102 Å². The van der Waals surface area contributed by atoms with Crippen LogP contribution in [-0.2, 0) is 24.1 Å². The number of carbonyl (C=O) groups excluding carboxylic acids is 2. The zero-order valence-electron chi connectivity index (χ0n) is 11.2. The van der Waals surface area contributed by atoms with Gasteiger partial charge in [0.1, 0.15) is 11.2 Å². The quantitative estimate of drug-likeness (QED) is 0.329. The van der Waals surface area contributed by atoms with Crippen molar-refractivity contribution in [2.24, 2.45) is 0 Å². The summed E-state index contributed by atoms with van der Waals surface area (Å²) in [5, 5.41) is 0. The Kier molecular flexibility index (Phi) is 5.35. The Morgan fingerprint density at radius 3 is 1.71 bits per heavy atom. The molecule has 0 aromatic rings. The summed E-state index contributed by atoms with van der Waals surface area (Å²) < 4.78 is 4.96.